The van der Waals surface area contributed by atoms with Gasteiger partial charge in [0.1, 0.15) is 0 Å². The minimum absolute atomic E-state index is 0.0268. The van der Waals surface area contributed by atoms with E-state index in [1.54, 1.807) is 7.11 Å². The topological polar surface area (TPSA) is 61.8 Å². The first kappa shape index (κ1) is 22.3. The van der Waals surface area contributed by atoms with E-state index in [1.165, 1.54) is 24.8 Å². The van der Waals surface area contributed by atoms with E-state index >= 15 is 0 Å². The lowest BCUT2D eigenvalue weighted by Crippen LogP contribution is -2.54. The van der Waals surface area contributed by atoms with Gasteiger partial charge < -0.3 is 20.1 Å². The zero-order valence-corrected chi connectivity index (χ0v) is 18.1. The highest BCUT2D eigenvalue weighted by molar-refractivity contribution is 5.80. The van der Waals surface area contributed by atoms with Gasteiger partial charge in [-0.3, -0.25) is 4.79 Å². The largest absolute Gasteiger partial charge is 0.389 e. The fraction of sp³-hybridized carbons (Fsp3) is 0.708. The molecule has 2 fully saturated rings. The Bertz CT molecular complexity index is 622. The predicted molar refractivity (Wildman–Crippen MR) is 116 cm³/mol. The molecule has 2 aliphatic rings. The van der Waals surface area contributed by atoms with Gasteiger partial charge in [0.15, 0.2) is 0 Å². The van der Waals surface area contributed by atoms with Crippen LogP contribution in [0.5, 0.6) is 0 Å². The number of carbonyl (C=O) groups excluding carboxylic acids is 1. The normalized spacial score (nSPS) is 22.7. The molecule has 162 valence electrons. The molecular formula is C24H38N2O3. The van der Waals surface area contributed by atoms with Gasteiger partial charge in [0.2, 0.25) is 5.91 Å². The van der Waals surface area contributed by atoms with E-state index in [0.717, 1.165) is 32.5 Å². The van der Waals surface area contributed by atoms with Crippen LogP contribution in [0.25, 0.3) is 0 Å². The van der Waals surface area contributed by atoms with Crippen LogP contribution in [0.3, 0.4) is 0 Å². The molecule has 1 saturated heterocycles. The zero-order chi connectivity index (χ0) is 20.7. The Hall–Kier alpha value is -1.43. The number of piperidine rings is 1. The number of likely N-dealkylation sites (tertiary alicyclic amines) is 1. The molecule has 1 aliphatic carbocycles. The van der Waals surface area contributed by atoms with E-state index in [2.05, 4.69) is 22.3 Å². The first-order chi connectivity index (χ1) is 14.1. The second kappa shape index (κ2) is 10.6. The first-order valence-corrected chi connectivity index (χ1v) is 11.4. The Morgan fingerprint density at radius 1 is 1.21 bits per heavy atom. The van der Waals surface area contributed by atoms with Crippen molar-refractivity contribution in [2.45, 2.75) is 76.0 Å². The molecule has 1 aromatic rings. The van der Waals surface area contributed by atoms with Crippen LogP contribution in [0.15, 0.2) is 30.3 Å². The Labute approximate surface area is 175 Å². The average molecular weight is 403 g/mol. The van der Waals surface area contributed by atoms with E-state index < -0.39 is 5.60 Å². The molecule has 29 heavy (non-hydrogen) atoms. The van der Waals surface area contributed by atoms with Crippen molar-refractivity contribution in [2.75, 3.05) is 26.7 Å². The number of amides is 1. The van der Waals surface area contributed by atoms with Crippen LogP contribution < -0.4 is 5.32 Å². The standard InChI is InChI=1S/C24H38N2O3/c1-3-21(23(27)25-20-12-8-5-9-13-20)24(28)14-16-26(17-15-24)18-22(29-2)19-10-6-4-7-11-19/h4,6-7,10-11,20-22,28H,3,5,8-9,12-18H2,1-2H3,(H,25,27). The summed E-state index contributed by atoms with van der Waals surface area (Å²) in [6.45, 7) is 4.40. The number of hydrogen-bond acceptors (Lipinski definition) is 4. The summed E-state index contributed by atoms with van der Waals surface area (Å²) in [4.78, 5) is 15.3. The van der Waals surface area contributed by atoms with Crippen molar-refractivity contribution in [1.82, 2.24) is 10.2 Å². The molecular weight excluding hydrogens is 364 g/mol. The third-order valence-corrected chi connectivity index (χ3v) is 6.93. The van der Waals surface area contributed by atoms with Gasteiger partial charge in [0.05, 0.1) is 17.6 Å². The van der Waals surface area contributed by atoms with E-state index in [4.69, 9.17) is 4.74 Å². The lowest BCUT2D eigenvalue weighted by molar-refractivity contribution is -0.141. The van der Waals surface area contributed by atoms with Crippen LogP contribution in [0, 0.1) is 5.92 Å². The Balaban J connectivity index is 1.54. The molecule has 1 amide bonds. The summed E-state index contributed by atoms with van der Waals surface area (Å²) in [7, 11) is 1.75. The fourth-order valence-corrected chi connectivity index (χ4v) is 5.05. The maximum absolute atomic E-state index is 12.9. The monoisotopic (exact) mass is 402 g/mol. The fourth-order valence-electron chi connectivity index (χ4n) is 5.05. The zero-order valence-electron chi connectivity index (χ0n) is 18.1. The third kappa shape index (κ3) is 5.80. The second-order valence-corrected chi connectivity index (χ2v) is 8.84. The Morgan fingerprint density at radius 2 is 1.86 bits per heavy atom. The summed E-state index contributed by atoms with van der Waals surface area (Å²) >= 11 is 0. The highest BCUT2D eigenvalue weighted by atomic mass is 16.5. The van der Waals surface area contributed by atoms with Gasteiger partial charge in [-0.1, -0.05) is 56.5 Å². The van der Waals surface area contributed by atoms with Crippen molar-refractivity contribution in [1.29, 1.82) is 0 Å². The number of benzene rings is 1. The molecule has 0 bridgehead atoms. The van der Waals surface area contributed by atoms with Crippen molar-refractivity contribution >= 4 is 5.91 Å². The summed E-state index contributed by atoms with van der Waals surface area (Å²) in [5.41, 5.74) is 0.272. The molecule has 1 heterocycles. The van der Waals surface area contributed by atoms with Crippen molar-refractivity contribution in [3.8, 4) is 0 Å². The van der Waals surface area contributed by atoms with E-state index in [1.807, 2.05) is 25.1 Å². The minimum Gasteiger partial charge on any atom is -0.389 e. The maximum atomic E-state index is 12.9. The van der Waals surface area contributed by atoms with E-state index in [0.29, 0.717) is 25.3 Å². The number of carbonyl (C=O) groups is 1. The molecule has 1 aromatic carbocycles. The molecule has 5 nitrogen and oxygen atoms in total. The number of methoxy groups -OCH3 is 1. The van der Waals surface area contributed by atoms with Crippen molar-refractivity contribution in [3.05, 3.63) is 35.9 Å². The van der Waals surface area contributed by atoms with Gasteiger partial charge in [-0.15, -0.1) is 0 Å². The quantitative estimate of drug-likeness (QED) is 0.696. The number of aliphatic hydroxyl groups is 1. The third-order valence-electron chi connectivity index (χ3n) is 6.93. The summed E-state index contributed by atoms with van der Waals surface area (Å²) in [6, 6.07) is 10.6. The molecule has 2 atom stereocenters. The van der Waals surface area contributed by atoms with Gasteiger partial charge in [0.25, 0.3) is 0 Å². The van der Waals surface area contributed by atoms with Crippen molar-refractivity contribution in [2.24, 2.45) is 5.92 Å². The molecule has 1 saturated carbocycles. The van der Waals surface area contributed by atoms with E-state index in [-0.39, 0.29) is 17.9 Å². The summed E-state index contributed by atoms with van der Waals surface area (Å²) in [6.07, 6.45) is 7.79. The summed E-state index contributed by atoms with van der Waals surface area (Å²) in [5, 5.41) is 14.6. The number of ether oxygens (including phenoxy) is 1. The van der Waals surface area contributed by atoms with Gasteiger partial charge in [-0.25, -0.2) is 0 Å². The molecule has 3 rings (SSSR count). The molecule has 2 unspecified atom stereocenters. The molecule has 0 spiro atoms. The van der Waals surface area contributed by atoms with Gasteiger partial charge >= 0.3 is 0 Å². The Kier molecular flexibility index (Phi) is 8.10. The molecule has 2 N–H and O–H groups in total. The summed E-state index contributed by atoms with van der Waals surface area (Å²) < 4.78 is 5.71. The maximum Gasteiger partial charge on any atom is 0.226 e. The van der Waals surface area contributed by atoms with Crippen LogP contribution in [-0.2, 0) is 9.53 Å². The minimum atomic E-state index is -0.903. The second-order valence-electron chi connectivity index (χ2n) is 8.84. The number of hydrogen-bond donors (Lipinski definition) is 2. The Morgan fingerprint density at radius 3 is 2.45 bits per heavy atom. The van der Waals surface area contributed by atoms with E-state index in [9.17, 15) is 9.90 Å². The molecule has 1 aliphatic heterocycles. The van der Waals surface area contributed by atoms with Crippen LogP contribution in [0.4, 0.5) is 0 Å². The average Bonchev–Trinajstić information content (AvgIpc) is 2.75. The van der Waals surface area contributed by atoms with Crippen LogP contribution in [0.2, 0.25) is 0 Å². The molecule has 5 heteroatoms. The van der Waals surface area contributed by atoms with Gasteiger partial charge in [-0.05, 0) is 37.7 Å². The summed E-state index contributed by atoms with van der Waals surface area (Å²) in [5.74, 6) is -0.270. The molecule has 0 aromatic heterocycles. The molecule has 0 radical (unpaired) electrons. The van der Waals surface area contributed by atoms with Gasteiger partial charge in [-0.2, -0.15) is 0 Å². The first-order valence-electron chi connectivity index (χ1n) is 11.4. The number of rotatable bonds is 8. The highest BCUT2D eigenvalue weighted by Gasteiger charge is 2.43. The lowest BCUT2D eigenvalue weighted by Gasteiger charge is -2.43. The van der Waals surface area contributed by atoms with Crippen molar-refractivity contribution < 1.29 is 14.6 Å². The number of nitrogens with one attached hydrogen (secondary N) is 1. The predicted octanol–water partition coefficient (Wildman–Crippen LogP) is 3.68. The highest BCUT2D eigenvalue weighted by Crippen LogP contribution is 2.33. The SMILES string of the molecule is CCC(C(=O)NC1CCCCC1)C1(O)CCN(CC(OC)c2ccccc2)CC1. The lowest BCUT2D eigenvalue weighted by atomic mass is 9.77. The van der Waals surface area contributed by atoms with Crippen LogP contribution in [-0.4, -0.2) is 54.3 Å². The smallest absolute Gasteiger partial charge is 0.226 e. The van der Waals surface area contributed by atoms with Crippen molar-refractivity contribution in [3.63, 3.8) is 0 Å². The van der Waals surface area contributed by atoms with Crippen LogP contribution >= 0.6 is 0 Å². The number of nitrogens with zero attached hydrogens (tertiary/aromatic N) is 1. The van der Waals surface area contributed by atoms with Crippen LogP contribution in [0.1, 0.15) is 70.0 Å². The van der Waals surface area contributed by atoms with Gasteiger partial charge in [0, 0.05) is 32.8 Å².